The molecule has 35 heavy (non-hydrogen) atoms. The van der Waals surface area contributed by atoms with E-state index in [2.05, 4.69) is 27.9 Å². The second-order valence-electron chi connectivity index (χ2n) is 10.8. The number of carbonyl (C=O) groups is 2. The van der Waals surface area contributed by atoms with E-state index in [9.17, 15) is 14.7 Å². The Morgan fingerprint density at radius 2 is 1.80 bits per heavy atom. The van der Waals surface area contributed by atoms with Crippen LogP contribution in [0.15, 0.2) is 24.3 Å². The number of ether oxygens (including phenoxy) is 3. The third kappa shape index (κ3) is 3.36. The molecular weight excluding hydrogens is 567 g/mol. The number of hydroxylamine groups is 2. The van der Waals surface area contributed by atoms with Crippen LogP contribution in [-0.4, -0.2) is 71.4 Å². The summed E-state index contributed by atoms with van der Waals surface area (Å²) in [6.45, 7) is 0.258. The Kier molecular flexibility index (Phi) is 5.28. The minimum Gasteiger partial charge on any atom is -0.458 e. The molecule has 3 heterocycles. The smallest absolute Gasteiger partial charge is 0.327 e. The first kappa shape index (κ1) is 22.9. The summed E-state index contributed by atoms with van der Waals surface area (Å²) in [7, 11) is 0. The van der Waals surface area contributed by atoms with Crippen molar-refractivity contribution in [2.45, 2.75) is 74.9 Å². The van der Waals surface area contributed by atoms with Gasteiger partial charge in [-0.1, -0.05) is 12.1 Å². The molecule has 2 N–H and O–H groups in total. The van der Waals surface area contributed by atoms with Crippen LogP contribution in [0.25, 0.3) is 0 Å². The van der Waals surface area contributed by atoms with Crippen molar-refractivity contribution < 1.29 is 33.7 Å². The number of nitrogens with zero attached hydrogens (tertiary/aromatic N) is 1. The lowest BCUT2D eigenvalue weighted by Crippen LogP contribution is -2.69. The van der Waals surface area contributed by atoms with Crippen LogP contribution in [0.5, 0.6) is 0 Å². The van der Waals surface area contributed by atoms with Crippen LogP contribution in [0, 0.1) is 20.8 Å². The van der Waals surface area contributed by atoms with Crippen molar-refractivity contribution in [3.63, 3.8) is 0 Å². The summed E-state index contributed by atoms with van der Waals surface area (Å²) in [5.41, 5.74) is -0.207. The number of halogens is 1. The van der Waals surface area contributed by atoms with Gasteiger partial charge in [0.1, 0.15) is 29.8 Å². The molecule has 1 amide bonds. The Morgan fingerprint density at radius 1 is 1.11 bits per heavy atom. The Morgan fingerprint density at radius 3 is 2.46 bits per heavy atom. The summed E-state index contributed by atoms with van der Waals surface area (Å²) in [5.74, 6) is -0.743. The van der Waals surface area contributed by atoms with Crippen molar-refractivity contribution in [2.24, 2.45) is 17.3 Å². The van der Waals surface area contributed by atoms with Crippen LogP contribution in [0.2, 0.25) is 0 Å². The van der Waals surface area contributed by atoms with E-state index in [0.717, 1.165) is 34.8 Å². The van der Waals surface area contributed by atoms with Crippen LogP contribution in [0.3, 0.4) is 0 Å². The highest BCUT2D eigenvalue weighted by atomic mass is 127. The first-order chi connectivity index (χ1) is 17.0. The van der Waals surface area contributed by atoms with Crippen LogP contribution in [-0.2, 0) is 35.2 Å². The highest BCUT2D eigenvalue weighted by Gasteiger charge is 2.78. The van der Waals surface area contributed by atoms with Gasteiger partial charge in [-0.05, 0) is 66.0 Å². The largest absolute Gasteiger partial charge is 0.458 e. The summed E-state index contributed by atoms with van der Waals surface area (Å²) in [6.07, 6.45) is 2.36. The molecule has 1 aromatic carbocycles. The molecule has 0 spiro atoms. The van der Waals surface area contributed by atoms with Crippen molar-refractivity contribution in [1.29, 1.82) is 0 Å². The van der Waals surface area contributed by atoms with Gasteiger partial charge in [-0.15, -0.1) is 0 Å². The van der Waals surface area contributed by atoms with Crippen molar-refractivity contribution in [3.05, 3.63) is 33.4 Å². The van der Waals surface area contributed by atoms with Crippen LogP contribution < -0.4 is 5.32 Å². The van der Waals surface area contributed by atoms with Gasteiger partial charge >= 0.3 is 5.97 Å². The maximum absolute atomic E-state index is 13.7. The molecule has 188 valence electrons. The second kappa shape index (κ2) is 8.09. The number of benzene rings is 1. The van der Waals surface area contributed by atoms with E-state index in [1.165, 1.54) is 0 Å². The number of aliphatic hydroxyl groups is 1. The molecule has 3 aliphatic carbocycles. The van der Waals surface area contributed by atoms with Gasteiger partial charge in [0.2, 0.25) is 5.91 Å². The fourth-order valence-corrected chi connectivity index (χ4v) is 7.13. The van der Waals surface area contributed by atoms with Crippen LogP contribution >= 0.6 is 22.6 Å². The molecule has 0 aromatic heterocycles. The van der Waals surface area contributed by atoms with Crippen molar-refractivity contribution in [2.75, 3.05) is 13.2 Å². The molecule has 3 saturated heterocycles. The number of hydrogen-bond donors (Lipinski definition) is 2. The van der Waals surface area contributed by atoms with E-state index in [1.807, 2.05) is 24.3 Å². The monoisotopic (exact) mass is 596 g/mol. The third-order valence-corrected chi connectivity index (χ3v) is 9.28. The van der Waals surface area contributed by atoms with Gasteiger partial charge in [-0.25, -0.2) is 0 Å². The van der Waals surface area contributed by atoms with Gasteiger partial charge in [-0.2, -0.15) is 5.06 Å². The molecule has 0 radical (unpaired) electrons. The van der Waals surface area contributed by atoms with Gasteiger partial charge < -0.3 is 24.6 Å². The van der Waals surface area contributed by atoms with Crippen molar-refractivity contribution >= 4 is 34.5 Å². The highest BCUT2D eigenvalue weighted by Crippen LogP contribution is 2.63. The maximum atomic E-state index is 13.7. The summed E-state index contributed by atoms with van der Waals surface area (Å²) < 4.78 is 20.6. The Balaban J connectivity index is 1.28. The number of amides is 1. The maximum Gasteiger partial charge on any atom is 0.327 e. The van der Waals surface area contributed by atoms with E-state index >= 15 is 0 Å². The molecule has 6 atom stereocenters. The molecule has 7 rings (SSSR count). The summed E-state index contributed by atoms with van der Waals surface area (Å²) in [5, 5.41) is 13.8. The normalized spacial score (nSPS) is 39.3. The first-order valence-electron chi connectivity index (χ1n) is 12.6. The van der Waals surface area contributed by atoms with Crippen molar-refractivity contribution in [3.8, 4) is 0 Å². The second-order valence-corrected chi connectivity index (χ2v) is 12.0. The first-order valence-corrected chi connectivity index (χ1v) is 13.7. The van der Waals surface area contributed by atoms with E-state index in [-0.39, 0.29) is 19.1 Å². The van der Waals surface area contributed by atoms with Gasteiger partial charge in [-0.3, -0.25) is 14.4 Å². The minimum atomic E-state index is -1.17. The number of carbonyl (C=O) groups excluding carboxylic acids is 2. The fraction of sp³-hybridized carbons (Fsp3) is 0.680. The predicted molar refractivity (Wildman–Crippen MR) is 128 cm³/mol. The van der Waals surface area contributed by atoms with Gasteiger partial charge in [0.25, 0.3) is 0 Å². The van der Waals surface area contributed by atoms with Gasteiger partial charge in [0, 0.05) is 28.4 Å². The van der Waals surface area contributed by atoms with Gasteiger partial charge in [0.05, 0.1) is 13.2 Å². The highest BCUT2D eigenvalue weighted by molar-refractivity contribution is 14.1. The zero-order chi connectivity index (χ0) is 23.9. The number of hydrogen-bond acceptors (Lipinski definition) is 8. The average molecular weight is 596 g/mol. The number of esters is 1. The summed E-state index contributed by atoms with van der Waals surface area (Å²) in [6, 6.07) is 7.09. The number of fused-ring (bicyclic) bond motifs is 4. The molecule has 3 saturated carbocycles. The quantitative estimate of drug-likeness (QED) is 0.361. The predicted octanol–water partition coefficient (Wildman–Crippen LogP) is 1.50. The van der Waals surface area contributed by atoms with E-state index < -0.39 is 47.6 Å². The molecule has 1 aromatic rings. The van der Waals surface area contributed by atoms with Crippen LogP contribution in [0.1, 0.15) is 37.7 Å². The molecule has 2 bridgehead atoms. The Hall–Kier alpha value is -1.31. The standard InChI is InChI=1S/C25H29IN2O7/c26-16-7-1-13(2-8-16)12-28-20-22(30)32-17-11-24(20,23(31)27-9-10-29)21(35-28)19-18(17)33-25(34-19,14-3-4-14)15-5-6-15/h1-2,7-8,14-15,17-21,29H,3-6,9-12H2,(H,27,31). The van der Waals surface area contributed by atoms with Crippen LogP contribution in [0.4, 0.5) is 0 Å². The third-order valence-electron chi connectivity index (χ3n) is 8.56. The summed E-state index contributed by atoms with van der Waals surface area (Å²) >= 11 is 2.25. The van der Waals surface area contributed by atoms with E-state index in [4.69, 9.17) is 19.0 Å². The van der Waals surface area contributed by atoms with Crippen molar-refractivity contribution in [1.82, 2.24) is 10.4 Å². The lowest BCUT2D eigenvalue weighted by molar-refractivity contribution is -0.235. The number of rotatable bonds is 7. The minimum absolute atomic E-state index is 0.108. The molecule has 6 fully saturated rings. The zero-order valence-corrected chi connectivity index (χ0v) is 21.4. The topological polar surface area (TPSA) is 107 Å². The van der Waals surface area contributed by atoms with Gasteiger partial charge in [0.15, 0.2) is 11.8 Å². The molecule has 10 heteroatoms. The molecule has 6 unspecified atom stereocenters. The SMILES string of the molecule is O=C1OC2CC3(C(=O)NCCO)C(ON(Cc4ccc(I)cc4)C13)C1OC(C3CC3)(C3CC3)OC21. The molecule has 6 aliphatic rings. The Bertz CT molecular complexity index is 1030. The lowest BCUT2D eigenvalue weighted by atomic mass is 9.62. The van der Waals surface area contributed by atoms with E-state index in [1.54, 1.807) is 5.06 Å². The fourth-order valence-electron chi connectivity index (χ4n) is 6.77. The molecular formula is C25H29IN2O7. The zero-order valence-electron chi connectivity index (χ0n) is 19.2. The number of aliphatic hydroxyl groups excluding tert-OH is 1. The lowest BCUT2D eigenvalue weighted by Gasteiger charge is -2.48. The molecule has 3 aliphatic heterocycles. The number of nitrogens with one attached hydrogen (secondary N) is 1. The summed E-state index contributed by atoms with van der Waals surface area (Å²) in [4.78, 5) is 33.7. The van der Waals surface area contributed by atoms with E-state index in [0.29, 0.717) is 24.8 Å². The molecule has 9 nitrogen and oxygen atoms in total. The average Bonchev–Trinajstić information content (AvgIpc) is 3.78. The Labute approximate surface area is 216 Å².